The lowest BCUT2D eigenvalue weighted by Gasteiger charge is -2.21. The summed E-state index contributed by atoms with van der Waals surface area (Å²) in [4.78, 5) is 15.8. The summed E-state index contributed by atoms with van der Waals surface area (Å²) in [7, 11) is 2.01. The Morgan fingerprint density at radius 1 is 1.17 bits per heavy atom. The number of ether oxygens (including phenoxy) is 1. The predicted molar refractivity (Wildman–Crippen MR) is 153 cm³/mol. The molecule has 184 valence electrons. The van der Waals surface area contributed by atoms with E-state index in [2.05, 4.69) is 56.7 Å². The molecule has 1 heterocycles. The Morgan fingerprint density at radius 3 is 2.40 bits per heavy atom. The number of benzene rings is 2. The highest BCUT2D eigenvalue weighted by Crippen LogP contribution is 2.40. The van der Waals surface area contributed by atoms with Gasteiger partial charge in [-0.2, -0.15) is 0 Å². The van der Waals surface area contributed by atoms with E-state index in [9.17, 15) is 4.79 Å². The number of aryl methyl sites for hydroxylation is 2. The molecule has 0 unspecified atom stereocenters. The number of carbonyl (C=O) groups is 1. The fourth-order valence-electron chi connectivity index (χ4n) is 3.81. The second-order valence-electron chi connectivity index (χ2n) is 8.63. The van der Waals surface area contributed by atoms with Gasteiger partial charge in [-0.1, -0.05) is 60.8 Å². The van der Waals surface area contributed by atoms with Gasteiger partial charge in [0.25, 0.3) is 0 Å². The fraction of sp³-hybridized carbons (Fsp3) is 0.276. The van der Waals surface area contributed by atoms with Gasteiger partial charge in [-0.25, -0.2) is 4.79 Å². The van der Waals surface area contributed by atoms with Gasteiger partial charge in [-0.15, -0.1) is 11.3 Å². The van der Waals surface area contributed by atoms with Crippen molar-refractivity contribution in [2.24, 2.45) is 0 Å². The lowest BCUT2D eigenvalue weighted by Crippen LogP contribution is -2.14. The van der Waals surface area contributed by atoms with Gasteiger partial charge in [0, 0.05) is 17.5 Å². The maximum atomic E-state index is 12.7. The Kier molecular flexibility index (Phi) is 8.87. The van der Waals surface area contributed by atoms with Crippen LogP contribution in [0.4, 0.5) is 5.00 Å². The topological polar surface area (TPSA) is 55.6 Å². The molecule has 0 aliphatic heterocycles. The van der Waals surface area contributed by atoms with Gasteiger partial charge in [0.15, 0.2) is 0 Å². The third-order valence-corrected chi connectivity index (χ3v) is 8.17. The van der Waals surface area contributed by atoms with Crippen molar-refractivity contribution in [2.45, 2.75) is 41.2 Å². The number of esters is 1. The highest BCUT2D eigenvalue weighted by Gasteiger charge is 2.25. The molecule has 2 N–H and O–H groups in total. The minimum atomic E-state index is -0.385. The molecule has 0 aliphatic rings. The van der Waals surface area contributed by atoms with E-state index >= 15 is 0 Å². The number of nitrogens with zero attached hydrogens (tertiary/aromatic N) is 1. The van der Waals surface area contributed by atoms with Crippen LogP contribution < -0.4 is 5.73 Å². The van der Waals surface area contributed by atoms with Crippen LogP contribution in [0.1, 0.15) is 51.3 Å². The minimum Gasteiger partial charge on any atom is -0.462 e. The molecule has 0 bridgehead atoms. The number of carbonyl (C=O) groups excluding carboxylic acids is 1. The second kappa shape index (κ2) is 11.6. The lowest BCUT2D eigenvalue weighted by molar-refractivity contribution is 0.0529. The number of thiophene rings is 1. The first-order valence-electron chi connectivity index (χ1n) is 11.6. The van der Waals surface area contributed by atoms with E-state index < -0.39 is 0 Å². The SMILES string of the molecule is C=C(SC=C(C)c1cc(C)c(C)c(C)c1)N(C)Cc1sc(N)c(C(=O)OCC)c1-c1ccccc1. The first-order chi connectivity index (χ1) is 16.6. The number of rotatable bonds is 9. The van der Waals surface area contributed by atoms with Gasteiger partial charge in [0.05, 0.1) is 18.2 Å². The van der Waals surface area contributed by atoms with Gasteiger partial charge in [0.1, 0.15) is 10.6 Å². The van der Waals surface area contributed by atoms with Crippen LogP contribution in [0.2, 0.25) is 0 Å². The molecule has 0 atom stereocenters. The van der Waals surface area contributed by atoms with E-state index in [0.29, 0.717) is 23.7 Å². The summed E-state index contributed by atoms with van der Waals surface area (Å²) >= 11 is 3.03. The molecule has 0 aliphatic carbocycles. The average Bonchev–Trinajstić information content (AvgIpc) is 3.16. The highest BCUT2D eigenvalue weighted by molar-refractivity contribution is 8.05. The van der Waals surface area contributed by atoms with Crippen molar-refractivity contribution < 1.29 is 9.53 Å². The number of thioether (sulfide) groups is 1. The van der Waals surface area contributed by atoms with Gasteiger partial charge in [0.2, 0.25) is 0 Å². The van der Waals surface area contributed by atoms with Crippen molar-refractivity contribution in [1.82, 2.24) is 4.90 Å². The maximum Gasteiger partial charge on any atom is 0.341 e. The van der Waals surface area contributed by atoms with Gasteiger partial charge in [-0.05, 0) is 73.4 Å². The molecule has 0 saturated heterocycles. The molecular formula is C29H34N2O2S2. The Labute approximate surface area is 217 Å². The molecule has 3 rings (SSSR count). The predicted octanol–water partition coefficient (Wildman–Crippen LogP) is 7.80. The van der Waals surface area contributed by atoms with E-state index in [1.54, 1.807) is 18.7 Å². The first-order valence-corrected chi connectivity index (χ1v) is 13.3. The molecular weight excluding hydrogens is 472 g/mol. The molecule has 1 aromatic heterocycles. The summed E-state index contributed by atoms with van der Waals surface area (Å²) in [5.41, 5.74) is 14.9. The number of hydrogen-bond donors (Lipinski definition) is 1. The molecule has 2 aromatic carbocycles. The molecule has 35 heavy (non-hydrogen) atoms. The Balaban J connectivity index is 1.83. The zero-order chi connectivity index (χ0) is 25.7. The summed E-state index contributed by atoms with van der Waals surface area (Å²) < 4.78 is 5.31. The fourth-order valence-corrected chi connectivity index (χ4v) is 5.63. The largest absolute Gasteiger partial charge is 0.462 e. The van der Waals surface area contributed by atoms with Crippen LogP contribution in [-0.4, -0.2) is 24.5 Å². The van der Waals surface area contributed by atoms with Crippen LogP contribution in [0.3, 0.4) is 0 Å². The third-order valence-electron chi connectivity index (χ3n) is 6.11. The van der Waals surface area contributed by atoms with Crippen molar-refractivity contribution in [3.63, 3.8) is 0 Å². The van der Waals surface area contributed by atoms with E-state index in [1.165, 1.54) is 39.2 Å². The van der Waals surface area contributed by atoms with E-state index in [4.69, 9.17) is 10.5 Å². The maximum absolute atomic E-state index is 12.7. The number of anilines is 1. The third kappa shape index (κ3) is 6.19. The standard InChI is InChI=1S/C29H34N2O2S2/c1-8-33-29(32)27-26(23-12-10-9-11-13-23)25(35-28(27)30)16-31(7)22(6)34-17-20(4)24-14-18(2)21(5)19(3)15-24/h9-15,17H,6,8,16,30H2,1-5,7H3. The Hall–Kier alpha value is -2.96. The summed E-state index contributed by atoms with van der Waals surface area (Å²) in [5.74, 6) is -0.385. The van der Waals surface area contributed by atoms with Crippen LogP contribution in [0.5, 0.6) is 0 Å². The van der Waals surface area contributed by atoms with Crippen molar-refractivity contribution in [2.75, 3.05) is 19.4 Å². The number of allylic oxidation sites excluding steroid dienone is 1. The van der Waals surface area contributed by atoms with Gasteiger partial charge in [-0.3, -0.25) is 0 Å². The average molecular weight is 507 g/mol. The van der Waals surface area contributed by atoms with Crippen molar-refractivity contribution in [1.29, 1.82) is 0 Å². The summed E-state index contributed by atoms with van der Waals surface area (Å²) in [6, 6.07) is 14.3. The van der Waals surface area contributed by atoms with Crippen LogP contribution in [0.15, 0.2) is 59.5 Å². The monoisotopic (exact) mass is 506 g/mol. The van der Waals surface area contributed by atoms with Crippen molar-refractivity contribution >= 4 is 39.6 Å². The summed E-state index contributed by atoms with van der Waals surface area (Å²) in [5, 5.41) is 3.53. The summed E-state index contributed by atoms with van der Waals surface area (Å²) in [6.45, 7) is 15.6. The minimum absolute atomic E-state index is 0.302. The number of hydrogen-bond acceptors (Lipinski definition) is 6. The number of nitrogens with two attached hydrogens (primary N) is 1. The van der Waals surface area contributed by atoms with Crippen molar-refractivity contribution in [3.8, 4) is 11.1 Å². The molecule has 6 heteroatoms. The van der Waals surface area contributed by atoms with E-state index in [1.807, 2.05) is 37.4 Å². The van der Waals surface area contributed by atoms with E-state index in [0.717, 1.165) is 21.0 Å². The van der Waals surface area contributed by atoms with Crippen LogP contribution >= 0.6 is 23.1 Å². The van der Waals surface area contributed by atoms with E-state index in [-0.39, 0.29) is 5.97 Å². The first kappa shape index (κ1) is 26.6. The van der Waals surface area contributed by atoms with Crippen LogP contribution in [0, 0.1) is 20.8 Å². The zero-order valence-electron chi connectivity index (χ0n) is 21.4. The lowest BCUT2D eigenvalue weighted by atomic mass is 9.98. The highest BCUT2D eigenvalue weighted by atomic mass is 32.2. The molecule has 0 fully saturated rings. The quantitative estimate of drug-likeness (QED) is 0.300. The Bertz CT molecular complexity index is 1240. The smallest absolute Gasteiger partial charge is 0.341 e. The molecule has 0 spiro atoms. The molecule has 0 saturated carbocycles. The van der Waals surface area contributed by atoms with Crippen molar-refractivity contribution in [3.05, 3.63) is 92.2 Å². The van der Waals surface area contributed by atoms with Crippen LogP contribution in [-0.2, 0) is 11.3 Å². The molecule has 3 aromatic rings. The molecule has 4 nitrogen and oxygen atoms in total. The molecule has 0 amide bonds. The van der Waals surface area contributed by atoms with Gasteiger partial charge < -0.3 is 15.4 Å². The number of nitrogen functional groups attached to an aromatic ring is 1. The molecule has 0 radical (unpaired) electrons. The second-order valence-corrected chi connectivity index (χ2v) is 10.7. The van der Waals surface area contributed by atoms with Crippen LogP contribution in [0.25, 0.3) is 16.7 Å². The normalized spacial score (nSPS) is 11.4. The zero-order valence-corrected chi connectivity index (χ0v) is 23.0. The summed E-state index contributed by atoms with van der Waals surface area (Å²) in [6.07, 6.45) is 0. The van der Waals surface area contributed by atoms with Gasteiger partial charge >= 0.3 is 5.97 Å². The Morgan fingerprint density at radius 2 is 1.80 bits per heavy atom.